The number of hydrogen-bond donors (Lipinski definition) is 3. The van der Waals surface area contributed by atoms with Gasteiger partial charge in [-0.3, -0.25) is 4.99 Å². The monoisotopic (exact) mass is 500 g/mol. The summed E-state index contributed by atoms with van der Waals surface area (Å²) in [5.41, 5.74) is 3.37. The summed E-state index contributed by atoms with van der Waals surface area (Å²) in [6.07, 6.45) is 5.16. The van der Waals surface area contributed by atoms with E-state index >= 15 is 0 Å². The molecule has 3 N–H and O–H groups in total. The summed E-state index contributed by atoms with van der Waals surface area (Å²) in [5, 5.41) is 16.3. The Balaban J connectivity index is 0.000000534. The maximum absolute atomic E-state index is 12.4. The van der Waals surface area contributed by atoms with Crippen molar-refractivity contribution < 1.29 is 14.3 Å². The lowest BCUT2D eigenvalue weighted by molar-refractivity contribution is 0.262. The fraction of sp³-hybridized carbons (Fsp3) is 0.167. The van der Waals surface area contributed by atoms with Crippen LogP contribution in [0.3, 0.4) is 0 Å². The molecular weight excluding hydrogens is 475 g/mol. The molecule has 3 rings (SSSR count). The highest BCUT2D eigenvalue weighted by molar-refractivity contribution is 9.10. The number of phenols is 1. The number of fused-ring (bicyclic) bond motifs is 1. The summed E-state index contributed by atoms with van der Waals surface area (Å²) in [5.74, 6) is -0.306. The molecule has 0 fully saturated rings. The second-order valence-corrected chi connectivity index (χ2v) is 7.87. The Bertz CT molecular complexity index is 1160. The predicted molar refractivity (Wildman–Crippen MR) is 134 cm³/mol. The first-order valence-electron chi connectivity index (χ1n) is 9.79. The molecule has 0 saturated carbocycles. The lowest BCUT2D eigenvalue weighted by atomic mass is 10.2. The molecule has 0 aliphatic heterocycles. The number of rotatable bonds is 5. The van der Waals surface area contributed by atoms with Crippen LogP contribution in [0.1, 0.15) is 20.8 Å². The van der Waals surface area contributed by atoms with Crippen molar-refractivity contribution in [1.29, 1.82) is 0 Å². The number of urea groups is 1. The largest absolute Gasteiger partial charge is 0.506 e. The Morgan fingerprint density at radius 3 is 2.56 bits per heavy atom. The number of benzene rings is 2. The van der Waals surface area contributed by atoms with E-state index in [1.165, 1.54) is 18.6 Å². The van der Waals surface area contributed by atoms with Crippen LogP contribution in [-0.2, 0) is 6.54 Å². The minimum absolute atomic E-state index is 0.00883. The molecule has 3 aromatic rings. The molecule has 0 saturated heterocycles. The Labute approximate surface area is 195 Å². The molecule has 6 nitrogen and oxygen atoms in total. The summed E-state index contributed by atoms with van der Waals surface area (Å²) in [6.45, 7) is 9.27. The van der Waals surface area contributed by atoms with E-state index < -0.39 is 6.03 Å². The quantitative estimate of drug-likeness (QED) is 0.196. The van der Waals surface area contributed by atoms with Crippen molar-refractivity contribution in [3.05, 3.63) is 76.8 Å². The van der Waals surface area contributed by atoms with Crippen LogP contribution in [0, 0.1) is 0 Å². The number of nitrogens with one attached hydrogen (secondary N) is 2. The van der Waals surface area contributed by atoms with Gasteiger partial charge < -0.3 is 20.3 Å². The fourth-order valence-corrected chi connectivity index (χ4v) is 3.20. The number of aromatic nitrogens is 1. The third-order valence-corrected chi connectivity index (χ3v) is 4.94. The molecule has 2 amide bonds. The first kappa shape index (κ1) is 24.9. The van der Waals surface area contributed by atoms with E-state index in [2.05, 4.69) is 55.8 Å². The molecule has 0 bridgehead atoms. The van der Waals surface area contributed by atoms with Gasteiger partial charge in [0.1, 0.15) is 11.6 Å². The molecule has 1 aromatic heterocycles. The van der Waals surface area contributed by atoms with E-state index in [1.54, 1.807) is 12.1 Å². The van der Waals surface area contributed by atoms with Crippen LogP contribution >= 0.6 is 15.9 Å². The second kappa shape index (κ2) is 11.9. The van der Waals surface area contributed by atoms with E-state index in [0.29, 0.717) is 11.4 Å². The van der Waals surface area contributed by atoms with Crippen molar-refractivity contribution in [2.75, 3.05) is 10.6 Å². The van der Waals surface area contributed by atoms with Crippen LogP contribution in [0.15, 0.2) is 81.8 Å². The average molecular weight is 501 g/mol. The molecule has 0 atom stereocenters. The van der Waals surface area contributed by atoms with Crippen molar-refractivity contribution in [3.63, 3.8) is 0 Å². The molecule has 8 heteroatoms. The fourth-order valence-electron chi connectivity index (χ4n) is 2.84. The van der Waals surface area contributed by atoms with Crippen molar-refractivity contribution in [3.8, 4) is 5.75 Å². The number of anilines is 2. The number of hydrogen-bond acceptors (Lipinski definition) is 3. The van der Waals surface area contributed by atoms with Gasteiger partial charge in [0.2, 0.25) is 0 Å². The maximum Gasteiger partial charge on any atom is 0.323 e. The summed E-state index contributed by atoms with van der Waals surface area (Å²) < 4.78 is 14.3. The minimum atomic E-state index is -0.414. The lowest BCUT2D eigenvalue weighted by Crippen LogP contribution is -2.19. The van der Waals surface area contributed by atoms with Crippen molar-refractivity contribution >= 4 is 51.0 Å². The highest BCUT2D eigenvalue weighted by atomic mass is 79.9. The number of phenolic OH excluding ortho intramolecular Hbond substituents is 1. The van der Waals surface area contributed by atoms with Crippen LogP contribution in [0.4, 0.5) is 20.6 Å². The minimum Gasteiger partial charge on any atom is -0.506 e. The number of nitrogens with zero attached hydrogens (tertiary/aromatic N) is 2. The van der Waals surface area contributed by atoms with Gasteiger partial charge in [0, 0.05) is 22.6 Å². The van der Waals surface area contributed by atoms with Crippen molar-refractivity contribution in [2.24, 2.45) is 4.99 Å². The van der Waals surface area contributed by atoms with Crippen LogP contribution in [0.25, 0.3) is 10.9 Å². The Hall–Kier alpha value is -3.39. The van der Waals surface area contributed by atoms with E-state index in [4.69, 9.17) is 0 Å². The normalized spacial score (nSPS) is 11.5. The molecule has 32 heavy (non-hydrogen) atoms. The Kier molecular flexibility index (Phi) is 9.22. The molecule has 1 heterocycles. The zero-order chi connectivity index (χ0) is 23.7. The SMILES string of the molecule is C/C=C(\C)Cn1ccc2c(NC(=O)Nc3cc(Br)ccc3O)cccc21.C=N/C=C(\C)F. The molecule has 0 aliphatic carbocycles. The van der Waals surface area contributed by atoms with Gasteiger partial charge in [0.25, 0.3) is 0 Å². The number of halogens is 2. The number of aliphatic imine (C=N–C) groups is 1. The van der Waals surface area contributed by atoms with E-state index in [-0.39, 0.29) is 11.6 Å². The summed E-state index contributed by atoms with van der Waals surface area (Å²) in [6, 6.07) is 12.2. The first-order valence-corrected chi connectivity index (χ1v) is 10.6. The number of allylic oxidation sites excluding steroid dienone is 3. The molecule has 0 radical (unpaired) electrons. The summed E-state index contributed by atoms with van der Waals surface area (Å²) >= 11 is 3.32. The number of carbonyl (C=O) groups excluding carboxylic acids is 1. The predicted octanol–water partition coefficient (Wildman–Crippen LogP) is 7.24. The van der Waals surface area contributed by atoms with Crippen LogP contribution in [-0.4, -0.2) is 22.4 Å². The van der Waals surface area contributed by atoms with E-state index in [1.807, 2.05) is 37.4 Å². The zero-order valence-corrected chi connectivity index (χ0v) is 19.8. The van der Waals surface area contributed by atoms with Gasteiger partial charge in [-0.05, 0) is 63.9 Å². The highest BCUT2D eigenvalue weighted by Crippen LogP contribution is 2.28. The molecular formula is C24H26BrFN4O2. The van der Waals surface area contributed by atoms with Gasteiger partial charge in [0.05, 0.1) is 23.1 Å². The second-order valence-electron chi connectivity index (χ2n) is 6.96. The van der Waals surface area contributed by atoms with Crippen LogP contribution in [0.5, 0.6) is 5.75 Å². The maximum atomic E-state index is 12.4. The zero-order valence-electron chi connectivity index (χ0n) is 18.2. The van der Waals surface area contributed by atoms with Gasteiger partial charge >= 0.3 is 6.03 Å². The highest BCUT2D eigenvalue weighted by Gasteiger charge is 2.11. The number of carbonyl (C=O) groups is 1. The standard InChI is InChI=1S/C20H20BrN3O2.C4H6FN/c1-3-13(2)12-24-10-9-15-16(5-4-6-18(15)24)22-20(26)23-17-11-14(21)7-8-19(17)25;1-4(5)3-6-2/h3-11,25H,12H2,1-2H3,(H2,22,23,26);3H,2H2,1H3/b13-3+;4-3+. The third kappa shape index (κ3) is 7.09. The van der Waals surface area contributed by atoms with Gasteiger partial charge in [-0.1, -0.05) is 33.6 Å². The Morgan fingerprint density at radius 1 is 1.22 bits per heavy atom. The Morgan fingerprint density at radius 2 is 1.94 bits per heavy atom. The first-order chi connectivity index (χ1) is 15.2. The summed E-state index contributed by atoms with van der Waals surface area (Å²) in [7, 11) is 0. The summed E-state index contributed by atoms with van der Waals surface area (Å²) in [4.78, 5) is 15.5. The smallest absolute Gasteiger partial charge is 0.323 e. The van der Waals surface area contributed by atoms with Gasteiger partial charge in [-0.25, -0.2) is 9.18 Å². The lowest BCUT2D eigenvalue weighted by Gasteiger charge is -2.11. The number of aromatic hydroxyl groups is 1. The molecule has 0 aliphatic rings. The van der Waals surface area contributed by atoms with Crippen molar-refractivity contribution in [2.45, 2.75) is 27.3 Å². The van der Waals surface area contributed by atoms with E-state index in [9.17, 15) is 14.3 Å². The molecule has 0 unspecified atom stereocenters. The van der Waals surface area contributed by atoms with Crippen LogP contribution in [0.2, 0.25) is 0 Å². The topological polar surface area (TPSA) is 78.7 Å². The van der Waals surface area contributed by atoms with Gasteiger partial charge in [-0.2, -0.15) is 0 Å². The van der Waals surface area contributed by atoms with Crippen molar-refractivity contribution in [1.82, 2.24) is 4.57 Å². The number of amides is 2. The molecule has 168 valence electrons. The van der Waals surface area contributed by atoms with Gasteiger partial charge in [-0.15, -0.1) is 0 Å². The molecule has 0 spiro atoms. The van der Waals surface area contributed by atoms with E-state index in [0.717, 1.165) is 28.1 Å². The third-order valence-electron chi connectivity index (χ3n) is 4.45. The van der Waals surface area contributed by atoms with Crippen LogP contribution < -0.4 is 10.6 Å². The molecule has 2 aromatic carbocycles. The average Bonchev–Trinajstić information content (AvgIpc) is 3.15. The van der Waals surface area contributed by atoms with Gasteiger partial charge in [0.15, 0.2) is 0 Å².